The number of hydrogen-bond acceptors (Lipinski definition) is 3. The molecule has 0 saturated heterocycles. The van der Waals surface area contributed by atoms with E-state index in [-0.39, 0.29) is 5.91 Å². The Morgan fingerprint density at radius 3 is 2.58 bits per heavy atom. The summed E-state index contributed by atoms with van der Waals surface area (Å²) in [5.74, 6) is 0.562. The van der Waals surface area contributed by atoms with Crippen LogP contribution in [0.1, 0.15) is 12.8 Å². The highest BCUT2D eigenvalue weighted by atomic mass is 35.5. The van der Waals surface area contributed by atoms with Crippen molar-refractivity contribution in [2.24, 2.45) is 0 Å². The third-order valence-corrected chi connectivity index (χ3v) is 4.12. The topological polar surface area (TPSA) is 56.1 Å². The van der Waals surface area contributed by atoms with Crippen molar-refractivity contribution in [3.8, 4) is 11.4 Å². The Labute approximate surface area is 161 Å². The van der Waals surface area contributed by atoms with Gasteiger partial charge in [-0.25, -0.2) is 4.68 Å². The Morgan fingerprint density at radius 2 is 1.88 bits per heavy atom. The smallest absolute Gasteiger partial charge is 0.224 e. The van der Waals surface area contributed by atoms with Crippen molar-refractivity contribution in [3.63, 3.8) is 0 Å². The van der Waals surface area contributed by atoms with Crippen LogP contribution < -0.4 is 10.1 Å². The van der Waals surface area contributed by atoms with Gasteiger partial charge in [-0.15, -0.1) is 0 Å². The zero-order valence-corrected chi connectivity index (χ0v) is 15.4. The average molecular weight is 390 g/mol. The Hall–Kier alpha value is -2.50. The van der Waals surface area contributed by atoms with Crippen LogP contribution in [0.15, 0.2) is 60.9 Å². The zero-order chi connectivity index (χ0) is 18.4. The van der Waals surface area contributed by atoms with E-state index in [1.165, 1.54) is 0 Å². The van der Waals surface area contributed by atoms with E-state index in [0.29, 0.717) is 35.2 Å². The van der Waals surface area contributed by atoms with Gasteiger partial charge in [0.05, 0.1) is 28.5 Å². The summed E-state index contributed by atoms with van der Waals surface area (Å²) in [6.07, 6.45) is 4.25. The maximum Gasteiger partial charge on any atom is 0.224 e. The SMILES string of the molecule is O=C(CCCOc1ccccc1Cl)Nc1ccc(-n2cc(Cl)cn2)cc1. The molecule has 0 unspecified atom stereocenters. The number of carbonyl (C=O) groups excluding carboxylic acids is 1. The number of nitrogens with one attached hydrogen (secondary N) is 1. The van der Waals surface area contributed by atoms with Crippen molar-refractivity contribution in [2.45, 2.75) is 12.8 Å². The first-order valence-corrected chi connectivity index (χ1v) is 8.85. The number of halogens is 2. The summed E-state index contributed by atoms with van der Waals surface area (Å²) >= 11 is 11.9. The first-order chi connectivity index (χ1) is 12.6. The van der Waals surface area contributed by atoms with Crippen LogP contribution in [0.25, 0.3) is 5.69 Å². The maximum atomic E-state index is 12.0. The van der Waals surface area contributed by atoms with Crippen LogP contribution in [-0.2, 0) is 4.79 Å². The second-order valence-corrected chi connectivity index (χ2v) is 6.42. The highest BCUT2D eigenvalue weighted by molar-refractivity contribution is 6.32. The van der Waals surface area contributed by atoms with E-state index in [9.17, 15) is 4.79 Å². The predicted octanol–water partition coefficient (Wildman–Crippen LogP) is 4.98. The summed E-state index contributed by atoms with van der Waals surface area (Å²) in [6.45, 7) is 0.427. The van der Waals surface area contributed by atoms with Gasteiger partial charge in [0.25, 0.3) is 0 Å². The van der Waals surface area contributed by atoms with Crippen LogP contribution >= 0.6 is 23.2 Å². The lowest BCUT2D eigenvalue weighted by Crippen LogP contribution is -2.12. The van der Waals surface area contributed by atoms with Crippen molar-refractivity contribution in [2.75, 3.05) is 11.9 Å². The van der Waals surface area contributed by atoms with Crippen molar-refractivity contribution in [1.82, 2.24) is 9.78 Å². The molecule has 0 aliphatic rings. The minimum atomic E-state index is -0.0670. The Bertz CT molecular complexity index is 879. The largest absolute Gasteiger partial charge is 0.492 e. The molecule has 0 aliphatic heterocycles. The summed E-state index contributed by atoms with van der Waals surface area (Å²) in [4.78, 5) is 12.0. The second kappa shape index (κ2) is 8.74. The number of amides is 1. The second-order valence-electron chi connectivity index (χ2n) is 5.58. The number of hydrogen-bond donors (Lipinski definition) is 1. The van der Waals surface area contributed by atoms with Gasteiger partial charge in [-0.2, -0.15) is 5.10 Å². The fourth-order valence-electron chi connectivity index (χ4n) is 2.34. The molecule has 0 bridgehead atoms. The summed E-state index contributed by atoms with van der Waals surface area (Å²) in [7, 11) is 0. The number of nitrogens with zero attached hydrogens (tertiary/aromatic N) is 2. The van der Waals surface area contributed by atoms with Crippen LogP contribution in [0.5, 0.6) is 5.75 Å². The standard InChI is InChI=1S/C19H17Cl2N3O2/c20-14-12-22-24(13-14)16-9-7-15(8-10-16)23-19(25)6-3-11-26-18-5-2-1-4-17(18)21/h1-2,4-5,7-10,12-13H,3,6,11H2,(H,23,25). The Kier molecular flexibility index (Phi) is 6.15. The molecular formula is C19H17Cl2N3O2. The monoisotopic (exact) mass is 389 g/mol. The number of aromatic nitrogens is 2. The van der Waals surface area contributed by atoms with Crippen LogP contribution in [0.4, 0.5) is 5.69 Å². The molecule has 3 rings (SSSR count). The molecule has 0 aliphatic carbocycles. The zero-order valence-electron chi connectivity index (χ0n) is 13.9. The molecule has 0 fully saturated rings. The lowest BCUT2D eigenvalue weighted by molar-refractivity contribution is -0.116. The number of anilines is 1. The van der Waals surface area contributed by atoms with Crippen molar-refractivity contribution >= 4 is 34.8 Å². The molecule has 26 heavy (non-hydrogen) atoms. The highest BCUT2D eigenvalue weighted by Crippen LogP contribution is 2.23. The van der Waals surface area contributed by atoms with E-state index < -0.39 is 0 Å². The molecule has 0 spiro atoms. The molecule has 2 aromatic carbocycles. The minimum Gasteiger partial charge on any atom is -0.492 e. The van der Waals surface area contributed by atoms with Gasteiger partial charge < -0.3 is 10.1 Å². The first-order valence-electron chi connectivity index (χ1n) is 8.09. The molecule has 1 heterocycles. The number of para-hydroxylation sites is 1. The fourth-order valence-corrected chi connectivity index (χ4v) is 2.67. The third kappa shape index (κ3) is 5.00. The minimum absolute atomic E-state index is 0.0670. The molecule has 5 nitrogen and oxygen atoms in total. The van der Waals surface area contributed by atoms with Crippen LogP contribution in [0.2, 0.25) is 10.0 Å². The normalized spacial score (nSPS) is 10.5. The van der Waals surface area contributed by atoms with Gasteiger partial charge >= 0.3 is 0 Å². The molecule has 1 N–H and O–H groups in total. The molecule has 7 heteroatoms. The molecule has 0 atom stereocenters. The first kappa shape index (κ1) is 18.3. The summed E-state index contributed by atoms with van der Waals surface area (Å²) in [5, 5.41) is 8.13. The van der Waals surface area contributed by atoms with Crippen molar-refractivity contribution in [3.05, 3.63) is 71.0 Å². The van der Waals surface area contributed by atoms with Gasteiger partial charge in [0.1, 0.15) is 5.75 Å². The van der Waals surface area contributed by atoms with Crippen LogP contribution in [0, 0.1) is 0 Å². The molecule has 3 aromatic rings. The van der Waals surface area contributed by atoms with Crippen LogP contribution in [-0.4, -0.2) is 22.3 Å². The summed E-state index contributed by atoms with van der Waals surface area (Å²) < 4.78 is 7.24. The predicted molar refractivity (Wildman–Crippen MR) is 103 cm³/mol. The number of rotatable bonds is 7. The van der Waals surface area contributed by atoms with Gasteiger partial charge in [-0.05, 0) is 42.8 Å². The van der Waals surface area contributed by atoms with E-state index in [1.807, 2.05) is 36.4 Å². The van der Waals surface area contributed by atoms with Gasteiger partial charge in [-0.3, -0.25) is 4.79 Å². The molecular weight excluding hydrogens is 373 g/mol. The maximum absolute atomic E-state index is 12.0. The molecule has 0 saturated carbocycles. The van der Waals surface area contributed by atoms with E-state index in [1.54, 1.807) is 29.2 Å². The van der Waals surface area contributed by atoms with Crippen molar-refractivity contribution < 1.29 is 9.53 Å². The highest BCUT2D eigenvalue weighted by Gasteiger charge is 2.05. The van der Waals surface area contributed by atoms with E-state index in [4.69, 9.17) is 27.9 Å². The number of carbonyl (C=O) groups is 1. The Morgan fingerprint density at radius 1 is 1.12 bits per heavy atom. The lowest BCUT2D eigenvalue weighted by atomic mass is 10.2. The quantitative estimate of drug-likeness (QED) is 0.579. The molecule has 134 valence electrons. The van der Waals surface area contributed by atoms with Gasteiger partial charge in [0.15, 0.2) is 0 Å². The van der Waals surface area contributed by atoms with E-state index in [0.717, 1.165) is 11.4 Å². The summed E-state index contributed by atoms with van der Waals surface area (Å²) in [6, 6.07) is 14.6. The average Bonchev–Trinajstić information content (AvgIpc) is 3.07. The molecule has 1 amide bonds. The van der Waals surface area contributed by atoms with Gasteiger partial charge in [0.2, 0.25) is 5.91 Å². The van der Waals surface area contributed by atoms with E-state index >= 15 is 0 Å². The summed E-state index contributed by atoms with van der Waals surface area (Å²) in [5.41, 5.74) is 1.59. The molecule has 0 radical (unpaired) electrons. The number of benzene rings is 2. The molecule has 1 aromatic heterocycles. The van der Waals surface area contributed by atoms with Gasteiger partial charge in [-0.1, -0.05) is 35.3 Å². The van der Waals surface area contributed by atoms with Crippen molar-refractivity contribution in [1.29, 1.82) is 0 Å². The van der Waals surface area contributed by atoms with Crippen LogP contribution in [0.3, 0.4) is 0 Å². The van der Waals surface area contributed by atoms with E-state index in [2.05, 4.69) is 10.4 Å². The number of ether oxygens (including phenoxy) is 1. The van der Waals surface area contributed by atoms with Gasteiger partial charge in [0, 0.05) is 18.3 Å². The fraction of sp³-hybridized carbons (Fsp3) is 0.158. The lowest BCUT2D eigenvalue weighted by Gasteiger charge is -2.09. The Balaban J connectivity index is 1.44. The third-order valence-electron chi connectivity index (χ3n) is 3.61.